The predicted molar refractivity (Wildman–Crippen MR) is 144 cm³/mol. The molecule has 10 nitrogen and oxygen atoms in total. The Balaban J connectivity index is 1.34. The lowest BCUT2D eigenvalue weighted by molar-refractivity contribution is -0.123. The van der Waals surface area contributed by atoms with Crippen molar-refractivity contribution in [1.29, 1.82) is 0 Å². The number of ether oxygens (including phenoxy) is 1. The zero-order valence-corrected chi connectivity index (χ0v) is 24.2. The van der Waals surface area contributed by atoms with Gasteiger partial charge in [0.15, 0.2) is 9.84 Å². The second-order valence-electron chi connectivity index (χ2n) is 11.5. The number of hydrogen-bond donors (Lipinski definition) is 1. The Morgan fingerprint density at radius 1 is 1.11 bits per heavy atom. The van der Waals surface area contributed by atoms with Crippen molar-refractivity contribution in [2.75, 3.05) is 40.3 Å². The molecule has 4 rings (SSSR count). The number of sulfone groups is 1. The fourth-order valence-electron chi connectivity index (χ4n) is 5.92. The molecule has 2 aromatic rings. The minimum absolute atomic E-state index is 0.0320. The minimum atomic E-state index is -3.73. The van der Waals surface area contributed by atoms with Crippen molar-refractivity contribution in [2.45, 2.75) is 76.1 Å². The fraction of sp³-hybridized carbons (Fsp3) is 0.667. The van der Waals surface area contributed by atoms with Crippen LogP contribution in [0.15, 0.2) is 21.4 Å². The highest BCUT2D eigenvalue weighted by molar-refractivity contribution is 7.90. The normalized spacial score (nSPS) is 22.8. The van der Waals surface area contributed by atoms with E-state index in [9.17, 15) is 13.2 Å². The summed E-state index contributed by atoms with van der Waals surface area (Å²) in [5, 5.41) is 11.0. The number of rotatable bonds is 8. The number of methoxy groups -OCH3 is 1. The summed E-state index contributed by atoms with van der Waals surface area (Å²) in [6, 6.07) is 3.97. The molecule has 0 spiro atoms. The Morgan fingerprint density at radius 2 is 1.74 bits per heavy atom. The zero-order chi connectivity index (χ0) is 27.7. The zero-order valence-electron chi connectivity index (χ0n) is 23.4. The molecule has 1 aliphatic carbocycles. The Kier molecular flexibility index (Phi) is 8.49. The van der Waals surface area contributed by atoms with Crippen molar-refractivity contribution in [2.24, 2.45) is 5.41 Å². The summed E-state index contributed by atoms with van der Waals surface area (Å²) in [4.78, 5) is 18.1. The molecule has 2 heterocycles. The predicted octanol–water partition coefficient (Wildman–Crippen LogP) is 2.52. The van der Waals surface area contributed by atoms with Gasteiger partial charge in [-0.1, -0.05) is 13.8 Å². The van der Waals surface area contributed by atoms with Gasteiger partial charge in [-0.25, -0.2) is 8.42 Å². The number of amides is 1. The highest BCUT2D eigenvalue weighted by atomic mass is 32.2. The molecule has 1 aromatic carbocycles. The van der Waals surface area contributed by atoms with Gasteiger partial charge in [0.1, 0.15) is 17.9 Å². The Labute approximate surface area is 226 Å². The molecule has 1 saturated carbocycles. The maximum absolute atomic E-state index is 13.1. The van der Waals surface area contributed by atoms with Crippen LogP contribution in [0.4, 0.5) is 0 Å². The maximum atomic E-state index is 13.1. The molecule has 38 heavy (non-hydrogen) atoms. The number of carbonyl (C=O) groups excluding carboxylic acids is 1. The molecule has 0 radical (unpaired) electrons. The average Bonchev–Trinajstić information content (AvgIpc) is 3.25. The van der Waals surface area contributed by atoms with Crippen LogP contribution >= 0.6 is 0 Å². The van der Waals surface area contributed by atoms with E-state index in [2.05, 4.69) is 46.2 Å². The molecule has 1 saturated heterocycles. The van der Waals surface area contributed by atoms with Gasteiger partial charge in [-0.2, -0.15) is 0 Å². The van der Waals surface area contributed by atoms with Crippen LogP contribution in [0, 0.1) is 19.3 Å². The molecule has 1 N–H and O–H groups in total. The van der Waals surface area contributed by atoms with Crippen LogP contribution in [0.5, 0.6) is 5.75 Å². The summed E-state index contributed by atoms with van der Waals surface area (Å²) >= 11 is 0. The molecule has 210 valence electrons. The second kappa shape index (κ2) is 11.3. The van der Waals surface area contributed by atoms with E-state index in [1.807, 2.05) is 0 Å². The second-order valence-corrected chi connectivity index (χ2v) is 13.4. The number of carbonyl (C=O) groups is 1. The van der Waals surface area contributed by atoms with Gasteiger partial charge in [0, 0.05) is 38.3 Å². The number of hydrogen-bond acceptors (Lipinski definition) is 9. The van der Waals surface area contributed by atoms with Crippen LogP contribution in [0.1, 0.15) is 56.0 Å². The summed E-state index contributed by atoms with van der Waals surface area (Å²) in [7, 11) is -0.0204. The van der Waals surface area contributed by atoms with Crippen LogP contribution in [0.2, 0.25) is 0 Å². The van der Waals surface area contributed by atoms with Gasteiger partial charge in [-0.15, -0.1) is 10.2 Å². The number of nitrogens with zero attached hydrogens (tertiary/aromatic N) is 4. The van der Waals surface area contributed by atoms with Crippen molar-refractivity contribution < 1.29 is 22.4 Å². The number of likely N-dealkylation sites (N-methyl/N-ethyl adjacent to an activating group) is 1. The molecule has 11 heteroatoms. The van der Waals surface area contributed by atoms with Crippen LogP contribution < -0.4 is 10.1 Å². The lowest BCUT2D eigenvalue weighted by atomic mass is 9.70. The monoisotopic (exact) mass is 547 g/mol. The number of aryl methyl sites for hydroxylation is 2. The molecular formula is C27H41N5O5S. The van der Waals surface area contributed by atoms with Crippen molar-refractivity contribution >= 4 is 15.7 Å². The third-order valence-electron chi connectivity index (χ3n) is 8.00. The average molecular weight is 548 g/mol. The van der Waals surface area contributed by atoms with E-state index in [4.69, 9.17) is 9.15 Å². The van der Waals surface area contributed by atoms with E-state index in [-0.39, 0.29) is 40.5 Å². The first-order valence-corrected chi connectivity index (χ1v) is 14.9. The van der Waals surface area contributed by atoms with Gasteiger partial charge in [-0.05, 0) is 68.8 Å². The number of benzene rings is 1. The fourth-order valence-corrected chi connectivity index (χ4v) is 7.61. The van der Waals surface area contributed by atoms with Crippen LogP contribution in [-0.4, -0.2) is 86.7 Å². The van der Waals surface area contributed by atoms with Crippen LogP contribution in [0.3, 0.4) is 0 Å². The molecule has 2 unspecified atom stereocenters. The van der Waals surface area contributed by atoms with Crippen LogP contribution in [0.25, 0.3) is 0 Å². The third-order valence-corrected chi connectivity index (χ3v) is 9.89. The van der Waals surface area contributed by atoms with E-state index in [0.717, 1.165) is 45.4 Å². The van der Waals surface area contributed by atoms with E-state index < -0.39 is 15.6 Å². The van der Waals surface area contributed by atoms with Gasteiger partial charge in [0.25, 0.3) is 0 Å². The largest absolute Gasteiger partial charge is 0.497 e. The van der Waals surface area contributed by atoms with E-state index in [1.54, 1.807) is 33.1 Å². The van der Waals surface area contributed by atoms with Gasteiger partial charge in [0.05, 0.1) is 12.0 Å². The molecule has 2 fully saturated rings. The standard InChI is InChI=1S/C27H41N5O5S/c1-18-13-21(36-6)14-19(2)26(18)38(34,35)17-25-30-29-24(37-25)15-23(33)28-22-8-7-20(16-27(22,3)4)32-11-9-31(5)10-12-32/h13-14,20,22H,7-12,15-17H2,1-6H3,(H,28,33). The number of aromatic nitrogens is 2. The Morgan fingerprint density at radius 3 is 2.34 bits per heavy atom. The molecule has 0 bridgehead atoms. The maximum Gasteiger partial charge on any atom is 0.231 e. The number of piperazine rings is 1. The van der Waals surface area contributed by atoms with E-state index >= 15 is 0 Å². The van der Waals surface area contributed by atoms with E-state index in [0.29, 0.717) is 22.9 Å². The summed E-state index contributed by atoms with van der Waals surface area (Å²) in [5.41, 5.74) is 1.14. The smallest absolute Gasteiger partial charge is 0.231 e. The highest BCUT2D eigenvalue weighted by Crippen LogP contribution is 2.38. The molecule has 2 aliphatic rings. The molecule has 1 aromatic heterocycles. The molecule has 1 aliphatic heterocycles. The van der Waals surface area contributed by atoms with Crippen molar-refractivity contribution in [1.82, 2.24) is 25.3 Å². The van der Waals surface area contributed by atoms with E-state index in [1.165, 1.54) is 0 Å². The van der Waals surface area contributed by atoms with Gasteiger partial charge in [0.2, 0.25) is 17.7 Å². The first-order chi connectivity index (χ1) is 17.9. The summed E-state index contributed by atoms with van der Waals surface area (Å²) in [6.45, 7) is 12.3. The first kappa shape index (κ1) is 28.5. The van der Waals surface area contributed by atoms with Crippen molar-refractivity contribution in [3.05, 3.63) is 35.0 Å². The number of nitrogens with one attached hydrogen (secondary N) is 1. The van der Waals surface area contributed by atoms with Gasteiger partial charge in [-0.3, -0.25) is 9.69 Å². The topological polar surface area (TPSA) is 118 Å². The van der Waals surface area contributed by atoms with Crippen LogP contribution in [-0.2, 0) is 26.8 Å². The Hall–Kier alpha value is -2.50. The van der Waals surface area contributed by atoms with Gasteiger partial charge < -0.3 is 19.4 Å². The van der Waals surface area contributed by atoms with Crippen molar-refractivity contribution in [3.8, 4) is 5.75 Å². The lowest BCUT2D eigenvalue weighted by Gasteiger charge is -2.48. The highest BCUT2D eigenvalue weighted by Gasteiger charge is 2.40. The first-order valence-electron chi connectivity index (χ1n) is 13.3. The molecule has 2 atom stereocenters. The third kappa shape index (κ3) is 6.55. The molecule has 1 amide bonds. The van der Waals surface area contributed by atoms with Crippen molar-refractivity contribution in [3.63, 3.8) is 0 Å². The lowest BCUT2D eigenvalue weighted by Crippen LogP contribution is -2.56. The minimum Gasteiger partial charge on any atom is -0.497 e. The summed E-state index contributed by atoms with van der Waals surface area (Å²) < 4.78 is 37.0. The summed E-state index contributed by atoms with van der Waals surface area (Å²) in [6.07, 6.45) is 2.94. The summed E-state index contributed by atoms with van der Waals surface area (Å²) in [5.74, 6) is 0.0520. The molecular weight excluding hydrogens is 506 g/mol. The van der Waals surface area contributed by atoms with Gasteiger partial charge >= 0.3 is 0 Å². The quantitative estimate of drug-likeness (QED) is 0.532. The SMILES string of the molecule is COc1cc(C)c(S(=O)(=O)Cc2nnc(CC(=O)NC3CCC(N4CCN(C)CC4)CC3(C)C)o2)c(C)c1. The Bertz CT molecular complexity index is 1230.